The van der Waals surface area contributed by atoms with Crippen molar-refractivity contribution in [2.75, 3.05) is 0 Å². The van der Waals surface area contributed by atoms with Crippen LogP contribution in [0.5, 0.6) is 0 Å². The van der Waals surface area contributed by atoms with Gasteiger partial charge in [-0.05, 0) is 30.2 Å². The largest absolute Gasteiger partial charge is 0.286 e. The van der Waals surface area contributed by atoms with E-state index in [0.717, 1.165) is 12.1 Å². The number of nitrogens with one attached hydrogen (secondary N) is 1. The minimum Gasteiger partial charge on any atom is -0.286 e. The molecule has 1 aromatic rings. The van der Waals surface area contributed by atoms with Crippen LogP contribution in [0.4, 0.5) is 8.78 Å². The van der Waals surface area contributed by atoms with Gasteiger partial charge in [-0.15, -0.1) is 0 Å². The van der Waals surface area contributed by atoms with Gasteiger partial charge in [0.25, 0.3) is 0 Å². The summed E-state index contributed by atoms with van der Waals surface area (Å²) in [7, 11) is 0. The number of hydrogen-bond donors (Lipinski definition) is 1. The van der Waals surface area contributed by atoms with Crippen LogP contribution in [0.15, 0.2) is 12.1 Å². The van der Waals surface area contributed by atoms with Crippen molar-refractivity contribution >= 4 is 17.2 Å². The lowest BCUT2D eigenvalue weighted by Crippen LogP contribution is -2.18. The second-order valence-corrected chi connectivity index (χ2v) is 3.52. The van der Waals surface area contributed by atoms with Gasteiger partial charge in [-0.25, -0.2) is 8.78 Å². The number of nitriles is 1. The van der Waals surface area contributed by atoms with Crippen molar-refractivity contribution < 1.29 is 8.78 Å². The molecular weight excluding hydrogens is 218 g/mol. The standard InChI is InChI=1S/C10H8F2N2S/c1-6-2-8(11)9(12)3-7(6)4-10(15)14-5-13/h2-3H,4H2,1H3,(H,14,15). The van der Waals surface area contributed by atoms with Gasteiger partial charge in [0.2, 0.25) is 0 Å². The highest BCUT2D eigenvalue weighted by molar-refractivity contribution is 7.80. The highest BCUT2D eigenvalue weighted by Gasteiger charge is 2.08. The fourth-order valence-corrected chi connectivity index (χ4v) is 1.36. The molecule has 1 rings (SSSR count). The molecule has 0 fully saturated rings. The van der Waals surface area contributed by atoms with Crippen molar-refractivity contribution in [2.24, 2.45) is 0 Å². The zero-order valence-corrected chi connectivity index (χ0v) is 8.79. The third-order valence-electron chi connectivity index (χ3n) is 1.93. The van der Waals surface area contributed by atoms with Crippen LogP contribution >= 0.6 is 12.2 Å². The monoisotopic (exact) mass is 226 g/mol. The fourth-order valence-electron chi connectivity index (χ4n) is 1.16. The van der Waals surface area contributed by atoms with Gasteiger partial charge >= 0.3 is 0 Å². The van der Waals surface area contributed by atoms with Gasteiger partial charge in [0.05, 0.1) is 4.99 Å². The molecule has 1 N–H and O–H groups in total. The fraction of sp³-hybridized carbons (Fsp3) is 0.200. The molecule has 0 heterocycles. The van der Waals surface area contributed by atoms with Crippen LogP contribution < -0.4 is 5.32 Å². The first-order valence-corrected chi connectivity index (χ1v) is 4.58. The predicted octanol–water partition coefficient (Wildman–Crippen LogP) is 2.21. The van der Waals surface area contributed by atoms with Crippen molar-refractivity contribution in [3.8, 4) is 6.19 Å². The van der Waals surface area contributed by atoms with Gasteiger partial charge < -0.3 is 0 Å². The van der Waals surface area contributed by atoms with E-state index in [-0.39, 0.29) is 11.4 Å². The summed E-state index contributed by atoms with van der Waals surface area (Å²) in [6.07, 6.45) is 1.90. The molecule has 0 aliphatic carbocycles. The van der Waals surface area contributed by atoms with Crippen LogP contribution in [0.25, 0.3) is 0 Å². The Morgan fingerprint density at radius 1 is 1.47 bits per heavy atom. The van der Waals surface area contributed by atoms with Crippen LogP contribution in [0.1, 0.15) is 11.1 Å². The summed E-state index contributed by atoms with van der Waals surface area (Å²) in [5.74, 6) is -1.79. The Labute approximate surface area is 91.5 Å². The van der Waals surface area contributed by atoms with Crippen molar-refractivity contribution in [1.82, 2.24) is 5.32 Å². The molecule has 0 aromatic heterocycles. The number of hydrogen-bond acceptors (Lipinski definition) is 2. The molecule has 0 saturated heterocycles. The maximum absolute atomic E-state index is 12.9. The van der Waals surface area contributed by atoms with E-state index in [0.29, 0.717) is 11.1 Å². The Morgan fingerprint density at radius 3 is 2.67 bits per heavy atom. The summed E-state index contributed by atoms with van der Waals surface area (Å²) in [6, 6.07) is 2.20. The highest BCUT2D eigenvalue weighted by atomic mass is 32.1. The molecule has 1 aromatic carbocycles. The molecule has 0 aliphatic rings. The maximum Gasteiger partial charge on any atom is 0.181 e. The third-order valence-corrected chi connectivity index (χ3v) is 2.17. The minimum absolute atomic E-state index is 0.228. The van der Waals surface area contributed by atoms with Crippen LogP contribution in [0.2, 0.25) is 0 Å². The first-order valence-electron chi connectivity index (χ1n) is 4.17. The lowest BCUT2D eigenvalue weighted by molar-refractivity contribution is 0.506. The number of nitrogens with zero attached hydrogens (tertiary/aromatic N) is 1. The highest BCUT2D eigenvalue weighted by Crippen LogP contribution is 2.14. The van der Waals surface area contributed by atoms with Crippen molar-refractivity contribution in [3.05, 3.63) is 34.9 Å². The Bertz CT molecular complexity index is 438. The van der Waals surface area contributed by atoms with E-state index in [1.807, 2.05) is 0 Å². The molecule has 2 nitrogen and oxygen atoms in total. The smallest absolute Gasteiger partial charge is 0.181 e. The third kappa shape index (κ3) is 2.96. The summed E-state index contributed by atoms with van der Waals surface area (Å²) in [4.78, 5) is 0.284. The van der Waals surface area contributed by atoms with Crippen LogP contribution in [0.3, 0.4) is 0 Å². The number of rotatable bonds is 2. The van der Waals surface area contributed by atoms with Gasteiger partial charge in [-0.3, -0.25) is 5.32 Å². The zero-order valence-electron chi connectivity index (χ0n) is 7.97. The average molecular weight is 226 g/mol. The van der Waals surface area contributed by atoms with E-state index in [1.54, 1.807) is 13.1 Å². The molecule has 0 atom stereocenters. The van der Waals surface area contributed by atoms with Crippen LogP contribution in [-0.2, 0) is 6.42 Å². The number of thiocarbonyl (C=S) groups is 1. The van der Waals surface area contributed by atoms with E-state index in [1.165, 1.54) is 0 Å². The van der Waals surface area contributed by atoms with E-state index in [9.17, 15) is 8.78 Å². The summed E-state index contributed by atoms with van der Waals surface area (Å²) < 4.78 is 25.7. The van der Waals surface area contributed by atoms with E-state index in [2.05, 4.69) is 5.32 Å². The van der Waals surface area contributed by atoms with E-state index in [4.69, 9.17) is 17.5 Å². The Kier molecular flexibility index (Phi) is 3.69. The molecular formula is C10H8F2N2S. The normalized spacial score (nSPS) is 9.47. The molecule has 15 heavy (non-hydrogen) atoms. The molecule has 0 saturated carbocycles. The maximum atomic E-state index is 12.9. The molecule has 0 bridgehead atoms. The number of benzene rings is 1. The topological polar surface area (TPSA) is 35.8 Å². The number of aryl methyl sites for hydroxylation is 1. The van der Waals surface area contributed by atoms with Gasteiger partial charge in [0.15, 0.2) is 17.8 Å². The Balaban J connectivity index is 2.92. The molecule has 0 spiro atoms. The van der Waals surface area contributed by atoms with Gasteiger partial charge in [0.1, 0.15) is 0 Å². The molecule has 78 valence electrons. The second kappa shape index (κ2) is 4.80. The van der Waals surface area contributed by atoms with E-state index < -0.39 is 11.6 Å². The SMILES string of the molecule is Cc1cc(F)c(F)cc1CC(=S)NC#N. The van der Waals surface area contributed by atoms with Gasteiger partial charge in [0, 0.05) is 6.42 Å². The summed E-state index contributed by atoms with van der Waals surface area (Å²) in [6.45, 7) is 1.66. The quantitative estimate of drug-likeness (QED) is 0.477. The van der Waals surface area contributed by atoms with Gasteiger partial charge in [-0.2, -0.15) is 5.26 Å². The van der Waals surface area contributed by atoms with Gasteiger partial charge in [-0.1, -0.05) is 12.2 Å². The number of halogens is 2. The van der Waals surface area contributed by atoms with Crippen molar-refractivity contribution in [1.29, 1.82) is 5.26 Å². The van der Waals surface area contributed by atoms with Crippen molar-refractivity contribution in [2.45, 2.75) is 13.3 Å². The van der Waals surface area contributed by atoms with Crippen molar-refractivity contribution in [3.63, 3.8) is 0 Å². The average Bonchev–Trinajstić information content (AvgIpc) is 2.14. The Hall–Kier alpha value is -1.54. The summed E-state index contributed by atoms with van der Waals surface area (Å²) >= 11 is 4.82. The van der Waals surface area contributed by atoms with E-state index >= 15 is 0 Å². The predicted molar refractivity (Wildman–Crippen MR) is 56.1 cm³/mol. The van der Waals surface area contributed by atoms with Crippen LogP contribution in [-0.4, -0.2) is 4.99 Å². The molecule has 0 unspecified atom stereocenters. The summed E-state index contributed by atoms with van der Waals surface area (Å²) in [5.41, 5.74) is 1.18. The second-order valence-electron chi connectivity index (χ2n) is 3.03. The molecule has 5 heteroatoms. The Morgan fingerprint density at radius 2 is 2.07 bits per heavy atom. The minimum atomic E-state index is -0.907. The first-order chi connectivity index (χ1) is 7.04. The summed E-state index contributed by atoms with van der Waals surface area (Å²) in [5, 5.41) is 10.6. The zero-order chi connectivity index (χ0) is 11.4. The first kappa shape index (κ1) is 11.5. The lowest BCUT2D eigenvalue weighted by Gasteiger charge is -2.06. The molecule has 0 aliphatic heterocycles. The lowest BCUT2D eigenvalue weighted by atomic mass is 10.1. The molecule has 0 amide bonds. The molecule has 0 radical (unpaired) electrons. The van der Waals surface area contributed by atoms with Crippen LogP contribution in [0, 0.1) is 30.0 Å².